The Morgan fingerprint density at radius 2 is 2.33 bits per heavy atom. The average Bonchev–Trinajstić information content (AvgIpc) is 2.75. The van der Waals surface area contributed by atoms with Crippen LogP contribution < -0.4 is 5.73 Å². The third kappa shape index (κ3) is 2.14. The van der Waals surface area contributed by atoms with Gasteiger partial charge in [0.05, 0.1) is 23.2 Å². The summed E-state index contributed by atoms with van der Waals surface area (Å²) in [6.07, 6.45) is 0. The predicted octanol–water partition coefficient (Wildman–Crippen LogP) is 1.84. The maximum Gasteiger partial charge on any atom is 0.122 e. The predicted molar refractivity (Wildman–Crippen MR) is 62.0 cm³/mol. The lowest BCUT2D eigenvalue weighted by Gasteiger charge is -1.98. The first-order chi connectivity index (χ1) is 7.20. The Morgan fingerprint density at radius 3 is 2.93 bits per heavy atom. The molecule has 2 heterocycles. The van der Waals surface area contributed by atoms with E-state index in [-0.39, 0.29) is 6.61 Å². The zero-order chi connectivity index (χ0) is 10.8. The van der Waals surface area contributed by atoms with Gasteiger partial charge in [0.2, 0.25) is 0 Å². The van der Waals surface area contributed by atoms with Gasteiger partial charge in [-0.3, -0.25) is 0 Å². The Morgan fingerprint density at radius 1 is 1.53 bits per heavy atom. The first-order valence-electron chi connectivity index (χ1n) is 4.39. The maximum atomic E-state index is 8.79. The molecule has 0 aliphatic rings. The molecule has 4 nitrogen and oxygen atoms in total. The van der Waals surface area contributed by atoms with Crippen molar-refractivity contribution in [3.63, 3.8) is 0 Å². The summed E-state index contributed by atoms with van der Waals surface area (Å²) in [7, 11) is 0. The second-order valence-corrected chi connectivity index (χ2v) is 4.58. The third-order valence-corrected chi connectivity index (χ3v) is 3.08. The van der Waals surface area contributed by atoms with Gasteiger partial charge in [0, 0.05) is 17.0 Å². The fourth-order valence-corrected chi connectivity index (χ4v) is 2.17. The van der Waals surface area contributed by atoms with E-state index in [2.05, 4.69) is 5.10 Å². The van der Waals surface area contributed by atoms with E-state index >= 15 is 0 Å². The van der Waals surface area contributed by atoms with Crippen molar-refractivity contribution in [2.45, 2.75) is 6.54 Å². The molecule has 0 saturated carbocycles. The summed E-state index contributed by atoms with van der Waals surface area (Å²) in [4.78, 5) is 0. The van der Waals surface area contributed by atoms with Gasteiger partial charge < -0.3 is 10.8 Å². The molecular formula is C9H10ClN3OS. The second-order valence-electron chi connectivity index (χ2n) is 3.04. The van der Waals surface area contributed by atoms with Crippen molar-refractivity contribution in [1.82, 2.24) is 9.78 Å². The molecule has 0 spiro atoms. The van der Waals surface area contributed by atoms with Gasteiger partial charge in [0.25, 0.3) is 0 Å². The summed E-state index contributed by atoms with van der Waals surface area (Å²) >= 11 is 7.28. The topological polar surface area (TPSA) is 64.1 Å². The van der Waals surface area contributed by atoms with Crippen LogP contribution in [0.2, 0.25) is 4.34 Å². The summed E-state index contributed by atoms with van der Waals surface area (Å²) < 4.78 is 2.29. The van der Waals surface area contributed by atoms with Crippen molar-refractivity contribution in [3.8, 4) is 11.3 Å². The van der Waals surface area contributed by atoms with Crippen LogP contribution in [0.15, 0.2) is 17.5 Å². The molecule has 2 aromatic heterocycles. The van der Waals surface area contributed by atoms with Gasteiger partial charge in [-0.1, -0.05) is 11.6 Å². The lowest BCUT2D eigenvalue weighted by Crippen LogP contribution is -2.07. The molecule has 0 radical (unpaired) electrons. The number of nitrogens with two attached hydrogens (primary N) is 1. The summed E-state index contributed by atoms with van der Waals surface area (Å²) in [6, 6.07) is 3.62. The maximum absolute atomic E-state index is 8.79. The number of hydrogen-bond acceptors (Lipinski definition) is 4. The van der Waals surface area contributed by atoms with Crippen LogP contribution in [-0.4, -0.2) is 21.5 Å². The van der Waals surface area contributed by atoms with Gasteiger partial charge in [0.1, 0.15) is 5.82 Å². The van der Waals surface area contributed by atoms with Crippen molar-refractivity contribution < 1.29 is 5.11 Å². The fraction of sp³-hybridized carbons (Fsp3) is 0.222. The van der Waals surface area contributed by atoms with E-state index in [1.807, 2.05) is 11.4 Å². The number of rotatable bonds is 3. The van der Waals surface area contributed by atoms with Gasteiger partial charge in [0.15, 0.2) is 0 Å². The highest BCUT2D eigenvalue weighted by Crippen LogP contribution is 2.28. The molecule has 80 valence electrons. The number of aromatic nitrogens is 2. The van der Waals surface area contributed by atoms with Gasteiger partial charge in [-0.15, -0.1) is 11.3 Å². The van der Waals surface area contributed by atoms with Crippen LogP contribution in [-0.2, 0) is 6.54 Å². The highest BCUT2D eigenvalue weighted by Gasteiger charge is 2.08. The Kier molecular flexibility index (Phi) is 2.95. The summed E-state index contributed by atoms with van der Waals surface area (Å²) in [5, 5.41) is 15.0. The lowest BCUT2D eigenvalue weighted by atomic mass is 10.2. The number of anilines is 1. The van der Waals surface area contributed by atoms with Crippen molar-refractivity contribution in [1.29, 1.82) is 0 Å². The zero-order valence-corrected chi connectivity index (χ0v) is 9.42. The van der Waals surface area contributed by atoms with Crippen LogP contribution in [0.5, 0.6) is 0 Å². The quantitative estimate of drug-likeness (QED) is 0.865. The van der Waals surface area contributed by atoms with E-state index in [0.29, 0.717) is 12.4 Å². The summed E-state index contributed by atoms with van der Waals surface area (Å²) in [5.74, 6) is 0.543. The minimum absolute atomic E-state index is 0.0235. The molecule has 2 aromatic rings. The van der Waals surface area contributed by atoms with Crippen molar-refractivity contribution in [3.05, 3.63) is 21.8 Å². The first-order valence-corrected chi connectivity index (χ1v) is 5.65. The third-order valence-electron chi connectivity index (χ3n) is 1.99. The van der Waals surface area contributed by atoms with Crippen molar-refractivity contribution in [2.75, 3.05) is 12.3 Å². The minimum Gasteiger partial charge on any atom is -0.394 e. The largest absolute Gasteiger partial charge is 0.394 e. The molecular weight excluding hydrogens is 234 g/mol. The highest BCUT2D eigenvalue weighted by molar-refractivity contribution is 7.14. The van der Waals surface area contributed by atoms with E-state index < -0.39 is 0 Å². The molecule has 15 heavy (non-hydrogen) atoms. The number of aliphatic hydroxyl groups is 1. The Hall–Kier alpha value is -1.04. The fourth-order valence-electron chi connectivity index (χ4n) is 1.29. The minimum atomic E-state index is 0.0235. The van der Waals surface area contributed by atoms with Crippen LogP contribution in [0.4, 0.5) is 5.82 Å². The molecule has 0 aliphatic carbocycles. The standard InChI is InChI=1S/C9H10ClN3OS/c10-8-3-6(5-15-8)7-4-9(11)13(12-7)1-2-14/h3-5,14H,1-2,11H2. The Bertz CT molecular complexity index is 466. The van der Waals surface area contributed by atoms with Crippen LogP contribution in [0, 0.1) is 0 Å². The average molecular weight is 244 g/mol. The van der Waals surface area contributed by atoms with Crippen LogP contribution >= 0.6 is 22.9 Å². The van der Waals surface area contributed by atoms with Crippen LogP contribution in [0.3, 0.4) is 0 Å². The zero-order valence-electron chi connectivity index (χ0n) is 7.85. The lowest BCUT2D eigenvalue weighted by molar-refractivity contribution is 0.270. The number of nitrogen functional groups attached to an aromatic ring is 1. The van der Waals surface area contributed by atoms with E-state index in [0.717, 1.165) is 15.6 Å². The summed E-state index contributed by atoms with van der Waals surface area (Å²) in [6.45, 7) is 0.430. The highest BCUT2D eigenvalue weighted by atomic mass is 35.5. The molecule has 6 heteroatoms. The molecule has 0 unspecified atom stereocenters. The number of aliphatic hydroxyl groups excluding tert-OH is 1. The normalized spacial score (nSPS) is 10.8. The SMILES string of the molecule is Nc1cc(-c2csc(Cl)c2)nn1CCO. The van der Waals surface area contributed by atoms with E-state index in [4.69, 9.17) is 22.4 Å². The Balaban J connectivity index is 2.33. The number of hydrogen-bond donors (Lipinski definition) is 2. The molecule has 0 aliphatic heterocycles. The molecule has 2 rings (SSSR count). The van der Waals surface area contributed by atoms with Gasteiger partial charge in [-0.2, -0.15) is 5.10 Å². The monoisotopic (exact) mass is 243 g/mol. The molecule has 3 N–H and O–H groups in total. The molecule has 0 bridgehead atoms. The van der Waals surface area contributed by atoms with Gasteiger partial charge in [-0.05, 0) is 6.07 Å². The smallest absolute Gasteiger partial charge is 0.122 e. The molecule has 0 fully saturated rings. The first kappa shape index (κ1) is 10.5. The second kappa shape index (κ2) is 4.22. The van der Waals surface area contributed by atoms with E-state index in [9.17, 15) is 0 Å². The van der Waals surface area contributed by atoms with Crippen molar-refractivity contribution >= 4 is 28.8 Å². The molecule has 0 amide bonds. The Labute approximate surface area is 95.9 Å². The number of thiophene rings is 1. The van der Waals surface area contributed by atoms with E-state index in [1.54, 1.807) is 10.7 Å². The van der Waals surface area contributed by atoms with Crippen LogP contribution in [0.1, 0.15) is 0 Å². The van der Waals surface area contributed by atoms with Crippen molar-refractivity contribution in [2.24, 2.45) is 0 Å². The molecule has 0 saturated heterocycles. The molecule has 0 atom stereocenters. The van der Waals surface area contributed by atoms with Gasteiger partial charge in [-0.25, -0.2) is 4.68 Å². The summed E-state index contributed by atoms with van der Waals surface area (Å²) in [5.41, 5.74) is 7.47. The van der Waals surface area contributed by atoms with Gasteiger partial charge >= 0.3 is 0 Å². The number of nitrogens with zero attached hydrogens (tertiary/aromatic N) is 2. The molecule has 0 aromatic carbocycles. The number of halogens is 1. The van der Waals surface area contributed by atoms with Crippen LogP contribution in [0.25, 0.3) is 11.3 Å². The van der Waals surface area contributed by atoms with E-state index in [1.165, 1.54) is 11.3 Å².